The predicted octanol–water partition coefficient (Wildman–Crippen LogP) is 0.297. The fourth-order valence-corrected chi connectivity index (χ4v) is 2.09. The number of aliphatic hydroxyl groups excluding tert-OH is 1. The van der Waals surface area contributed by atoms with Crippen molar-refractivity contribution in [2.45, 2.75) is 32.9 Å². The van der Waals surface area contributed by atoms with Crippen molar-refractivity contribution in [3.05, 3.63) is 0 Å². The van der Waals surface area contributed by atoms with Gasteiger partial charge >= 0.3 is 0 Å². The maximum atomic E-state index is 8.95. The number of rotatable bonds is 3. The Bertz CT molecular complexity index is 142. The van der Waals surface area contributed by atoms with Crippen LogP contribution in [0.3, 0.4) is 0 Å². The molecule has 3 atom stereocenters. The third-order valence-electron chi connectivity index (χ3n) is 2.51. The zero-order valence-electron chi connectivity index (χ0n) is 8.95. The molecule has 0 saturated carbocycles. The molecule has 3 unspecified atom stereocenters. The standard InChI is InChI=1S/C10H22N2O/c1-8(7-13)4-12-5-9(2)11-10(3)6-12/h8-11,13H,4-7H2,1-3H3. The molecule has 1 fully saturated rings. The highest BCUT2D eigenvalue weighted by Gasteiger charge is 2.21. The molecule has 2 N–H and O–H groups in total. The number of nitrogens with one attached hydrogen (secondary N) is 1. The molecule has 0 aromatic heterocycles. The molecule has 1 aliphatic heterocycles. The number of hydrogen-bond acceptors (Lipinski definition) is 3. The van der Waals surface area contributed by atoms with Gasteiger partial charge in [0.15, 0.2) is 0 Å². The zero-order chi connectivity index (χ0) is 9.84. The summed E-state index contributed by atoms with van der Waals surface area (Å²) in [4.78, 5) is 2.44. The Kier molecular flexibility index (Phi) is 4.16. The lowest BCUT2D eigenvalue weighted by Crippen LogP contribution is -2.55. The maximum absolute atomic E-state index is 8.95. The second-order valence-electron chi connectivity index (χ2n) is 4.48. The molecular formula is C10H22N2O. The highest BCUT2D eigenvalue weighted by atomic mass is 16.3. The van der Waals surface area contributed by atoms with E-state index in [1.807, 2.05) is 0 Å². The molecule has 0 spiro atoms. The zero-order valence-corrected chi connectivity index (χ0v) is 8.95. The molecule has 0 radical (unpaired) electrons. The average Bonchev–Trinajstić information content (AvgIpc) is 2.02. The fraction of sp³-hybridized carbons (Fsp3) is 1.00. The van der Waals surface area contributed by atoms with Crippen molar-refractivity contribution in [1.82, 2.24) is 10.2 Å². The van der Waals surface area contributed by atoms with Crippen molar-refractivity contribution in [2.75, 3.05) is 26.2 Å². The predicted molar refractivity (Wildman–Crippen MR) is 54.7 cm³/mol. The molecule has 3 heteroatoms. The molecule has 0 bridgehead atoms. The van der Waals surface area contributed by atoms with Crippen molar-refractivity contribution in [2.24, 2.45) is 5.92 Å². The molecular weight excluding hydrogens is 164 g/mol. The minimum Gasteiger partial charge on any atom is -0.396 e. The monoisotopic (exact) mass is 186 g/mol. The molecule has 1 saturated heterocycles. The lowest BCUT2D eigenvalue weighted by molar-refractivity contribution is 0.128. The molecule has 1 heterocycles. The van der Waals surface area contributed by atoms with E-state index in [9.17, 15) is 0 Å². The minimum absolute atomic E-state index is 0.298. The lowest BCUT2D eigenvalue weighted by Gasteiger charge is -2.37. The van der Waals surface area contributed by atoms with Gasteiger partial charge in [0.1, 0.15) is 0 Å². The van der Waals surface area contributed by atoms with E-state index in [-0.39, 0.29) is 0 Å². The van der Waals surface area contributed by atoms with Crippen LogP contribution < -0.4 is 5.32 Å². The number of piperazine rings is 1. The summed E-state index contributed by atoms with van der Waals surface area (Å²) in [6.07, 6.45) is 0. The first-order chi connectivity index (χ1) is 6.11. The van der Waals surface area contributed by atoms with E-state index in [4.69, 9.17) is 5.11 Å². The van der Waals surface area contributed by atoms with Gasteiger partial charge in [-0.3, -0.25) is 4.90 Å². The largest absolute Gasteiger partial charge is 0.396 e. The van der Waals surface area contributed by atoms with Gasteiger partial charge in [0.25, 0.3) is 0 Å². The Morgan fingerprint density at radius 3 is 2.38 bits per heavy atom. The van der Waals surface area contributed by atoms with Crippen molar-refractivity contribution >= 4 is 0 Å². The van der Waals surface area contributed by atoms with Crippen LogP contribution in [0, 0.1) is 5.92 Å². The van der Waals surface area contributed by atoms with Crippen LogP contribution in [0.1, 0.15) is 20.8 Å². The summed E-state index contributed by atoms with van der Waals surface area (Å²) in [7, 11) is 0. The molecule has 13 heavy (non-hydrogen) atoms. The van der Waals surface area contributed by atoms with Crippen molar-refractivity contribution in [3.63, 3.8) is 0 Å². The summed E-state index contributed by atoms with van der Waals surface area (Å²) in [5.41, 5.74) is 0. The van der Waals surface area contributed by atoms with Crippen molar-refractivity contribution in [3.8, 4) is 0 Å². The van der Waals surface area contributed by atoms with Gasteiger partial charge in [-0.25, -0.2) is 0 Å². The third kappa shape index (κ3) is 3.63. The summed E-state index contributed by atoms with van der Waals surface area (Å²) in [6, 6.07) is 1.16. The van der Waals surface area contributed by atoms with Crippen LogP contribution in [0.4, 0.5) is 0 Å². The van der Waals surface area contributed by atoms with Crippen LogP contribution in [0.15, 0.2) is 0 Å². The Hall–Kier alpha value is -0.120. The van der Waals surface area contributed by atoms with E-state index in [1.165, 1.54) is 0 Å². The summed E-state index contributed by atoms with van der Waals surface area (Å²) in [5, 5.41) is 12.5. The summed E-state index contributed by atoms with van der Waals surface area (Å²) in [6.45, 7) is 10.1. The van der Waals surface area contributed by atoms with Crippen molar-refractivity contribution < 1.29 is 5.11 Å². The van der Waals surface area contributed by atoms with Gasteiger partial charge in [-0.1, -0.05) is 6.92 Å². The molecule has 0 amide bonds. The molecule has 0 aromatic carbocycles. The molecule has 0 aliphatic carbocycles. The highest BCUT2D eigenvalue weighted by Crippen LogP contribution is 2.06. The fourth-order valence-electron chi connectivity index (χ4n) is 2.09. The first-order valence-electron chi connectivity index (χ1n) is 5.21. The summed E-state index contributed by atoms with van der Waals surface area (Å²) >= 11 is 0. The van der Waals surface area contributed by atoms with Gasteiger partial charge in [-0.15, -0.1) is 0 Å². The molecule has 1 aliphatic rings. The van der Waals surface area contributed by atoms with Crippen LogP contribution in [-0.4, -0.2) is 48.3 Å². The van der Waals surface area contributed by atoms with Crippen LogP contribution in [-0.2, 0) is 0 Å². The maximum Gasteiger partial charge on any atom is 0.0468 e. The van der Waals surface area contributed by atoms with Crippen LogP contribution in [0.25, 0.3) is 0 Å². The lowest BCUT2D eigenvalue weighted by atomic mass is 10.1. The van der Waals surface area contributed by atoms with Crippen LogP contribution in [0.2, 0.25) is 0 Å². The average molecular weight is 186 g/mol. The summed E-state index contributed by atoms with van der Waals surface area (Å²) < 4.78 is 0. The Morgan fingerprint density at radius 2 is 1.92 bits per heavy atom. The molecule has 1 rings (SSSR count). The molecule has 3 nitrogen and oxygen atoms in total. The van der Waals surface area contributed by atoms with E-state index in [0.29, 0.717) is 24.6 Å². The second kappa shape index (κ2) is 4.94. The molecule has 0 aromatic rings. The number of nitrogens with zero attached hydrogens (tertiary/aromatic N) is 1. The van der Waals surface area contributed by atoms with Gasteiger partial charge in [-0.05, 0) is 19.8 Å². The Balaban J connectivity index is 2.32. The topological polar surface area (TPSA) is 35.5 Å². The van der Waals surface area contributed by atoms with E-state index in [0.717, 1.165) is 19.6 Å². The molecule has 78 valence electrons. The van der Waals surface area contributed by atoms with Gasteiger partial charge in [0.2, 0.25) is 0 Å². The van der Waals surface area contributed by atoms with E-state index in [1.54, 1.807) is 0 Å². The van der Waals surface area contributed by atoms with Gasteiger partial charge < -0.3 is 10.4 Å². The van der Waals surface area contributed by atoms with Crippen LogP contribution in [0.5, 0.6) is 0 Å². The number of aliphatic hydroxyl groups is 1. The minimum atomic E-state index is 0.298. The number of hydrogen-bond donors (Lipinski definition) is 2. The Labute approximate surface area is 81.1 Å². The van der Waals surface area contributed by atoms with Crippen LogP contribution >= 0.6 is 0 Å². The van der Waals surface area contributed by atoms with Gasteiger partial charge in [0.05, 0.1) is 0 Å². The Morgan fingerprint density at radius 1 is 1.38 bits per heavy atom. The summed E-state index contributed by atoms with van der Waals surface area (Å²) in [5.74, 6) is 0.400. The smallest absolute Gasteiger partial charge is 0.0468 e. The van der Waals surface area contributed by atoms with E-state index < -0.39 is 0 Å². The quantitative estimate of drug-likeness (QED) is 0.665. The van der Waals surface area contributed by atoms with E-state index in [2.05, 4.69) is 31.0 Å². The van der Waals surface area contributed by atoms with Gasteiger partial charge in [-0.2, -0.15) is 0 Å². The SMILES string of the molecule is CC(CO)CN1CC(C)NC(C)C1. The van der Waals surface area contributed by atoms with Crippen molar-refractivity contribution in [1.29, 1.82) is 0 Å². The van der Waals surface area contributed by atoms with E-state index >= 15 is 0 Å². The highest BCUT2D eigenvalue weighted by molar-refractivity contribution is 4.81. The normalized spacial score (nSPS) is 33.2. The first-order valence-corrected chi connectivity index (χ1v) is 5.21. The third-order valence-corrected chi connectivity index (χ3v) is 2.51. The first kappa shape index (κ1) is 11.0. The second-order valence-corrected chi connectivity index (χ2v) is 4.48. The van der Waals surface area contributed by atoms with Gasteiger partial charge in [0, 0.05) is 38.3 Å².